The van der Waals surface area contributed by atoms with E-state index < -0.39 is 0 Å². The van der Waals surface area contributed by atoms with Crippen LogP contribution in [0.3, 0.4) is 0 Å². The Morgan fingerprint density at radius 2 is 1.89 bits per heavy atom. The third-order valence-corrected chi connectivity index (χ3v) is 3.02. The summed E-state index contributed by atoms with van der Waals surface area (Å²) >= 11 is 0. The minimum absolute atomic E-state index is 0.696. The molecule has 18 heavy (non-hydrogen) atoms. The summed E-state index contributed by atoms with van der Waals surface area (Å²) in [6.07, 6.45) is 1.79. The first-order chi connectivity index (χ1) is 8.65. The molecule has 0 aliphatic heterocycles. The second kappa shape index (κ2) is 3.84. The monoisotopic (exact) mass is 238 g/mol. The first kappa shape index (κ1) is 10.8. The van der Waals surface area contributed by atoms with Gasteiger partial charge in [0.05, 0.1) is 11.9 Å². The maximum absolute atomic E-state index is 5.81. The van der Waals surface area contributed by atoms with Crippen molar-refractivity contribution in [2.75, 3.05) is 5.73 Å². The predicted octanol–water partition coefficient (Wildman–Crippen LogP) is 2.60. The summed E-state index contributed by atoms with van der Waals surface area (Å²) in [7, 11) is 0. The highest BCUT2D eigenvalue weighted by Crippen LogP contribution is 2.22. The molecule has 0 saturated heterocycles. The molecule has 0 saturated carbocycles. The molecule has 2 aromatic heterocycles. The fourth-order valence-electron chi connectivity index (χ4n) is 2.11. The Hall–Kier alpha value is -2.36. The third-order valence-electron chi connectivity index (χ3n) is 3.02. The van der Waals surface area contributed by atoms with Gasteiger partial charge < -0.3 is 5.73 Å². The van der Waals surface area contributed by atoms with Crippen molar-refractivity contribution in [2.45, 2.75) is 13.8 Å². The van der Waals surface area contributed by atoms with Crippen molar-refractivity contribution >= 4 is 11.3 Å². The van der Waals surface area contributed by atoms with Crippen molar-refractivity contribution in [3.63, 3.8) is 0 Å². The quantitative estimate of drug-likeness (QED) is 0.709. The van der Waals surface area contributed by atoms with Crippen LogP contribution in [-0.4, -0.2) is 14.6 Å². The fourth-order valence-corrected chi connectivity index (χ4v) is 2.11. The van der Waals surface area contributed by atoms with Crippen LogP contribution in [0.1, 0.15) is 11.1 Å². The molecule has 0 amide bonds. The molecule has 3 aromatic rings. The lowest BCUT2D eigenvalue weighted by molar-refractivity contribution is 0.962. The van der Waals surface area contributed by atoms with Crippen LogP contribution < -0.4 is 5.73 Å². The number of pyridine rings is 1. The minimum atomic E-state index is 0.696. The number of aromatic nitrogens is 3. The molecule has 0 spiro atoms. The zero-order valence-corrected chi connectivity index (χ0v) is 10.4. The van der Waals surface area contributed by atoms with Gasteiger partial charge in [-0.3, -0.25) is 0 Å². The maximum Gasteiger partial charge on any atom is 0.182 e. The first-order valence-electron chi connectivity index (χ1n) is 5.83. The highest BCUT2D eigenvalue weighted by molar-refractivity contribution is 5.64. The molecule has 1 aromatic carbocycles. The lowest BCUT2D eigenvalue weighted by Crippen LogP contribution is -1.94. The zero-order valence-electron chi connectivity index (χ0n) is 10.4. The van der Waals surface area contributed by atoms with Gasteiger partial charge in [-0.2, -0.15) is 0 Å². The molecular formula is C14H14N4. The third kappa shape index (κ3) is 1.62. The number of nitrogen functional groups attached to an aromatic ring is 1. The Morgan fingerprint density at radius 1 is 1.11 bits per heavy atom. The number of anilines is 1. The Labute approximate surface area is 105 Å². The van der Waals surface area contributed by atoms with Crippen molar-refractivity contribution in [3.8, 4) is 11.4 Å². The van der Waals surface area contributed by atoms with Gasteiger partial charge in [-0.25, -0.2) is 9.50 Å². The van der Waals surface area contributed by atoms with Gasteiger partial charge in [-0.05, 0) is 31.0 Å². The van der Waals surface area contributed by atoms with Crippen LogP contribution in [0.4, 0.5) is 5.69 Å². The summed E-state index contributed by atoms with van der Waals surface area (Å²) in [4.78, 5) is 4.58. The summed E-state index contributed by atoms with van der Waals surface area (Å²) in [6.45, 7) is 4.05. The largest absolute Gasteiger partial charge is 0.397 e. The van der Waals surface area contributed by atoms with Crippen LogP contribution >= 0.6 is 0 Å². The highest BCUT2D eigenvalue weighted by Gasteiger charge is 2.10. The van der Waals surface area contributed by atoms with Crippen molar-refractivity contribution in [1.29, 1.82) is 0 Å². The summed E-state index contributed by atoms with van der Waals surface area (Å²) in [5, 5.41) is 4.49. The van der Waals surface area contributed by atoms with Crippen molar-refractivity contribution in [2.24, 2.45) is 0 Å². The molecular weight excluding hydrogens is 224 g/mol. The van der Waals surface area contributed by atoms with Crippen LogP contribution in [0.2, 0.25) is 0 Å². The SMILES string of the molecule is Cc1ccccc1-c1nc2c(C)cc(N)cn2n1. The summed E-state index contributed by atoms with van der Waals surface area (Å²) in [5.41, 5.74) is 10.6. The van der Waals surface area contributed by atoms with Crippen LogP contribution in [0.25, 0.3) is 17.0 Å². The Balaban J connectivity index is 2.26. The van der Waals surface area contributed by atoms with E-state index in [2.05, 4.69) is 23.1 Å². The Morgan fingerprint density at radius 3 is 2.67 bits per heavy atom. The van der Waals surface area contributed by atoms with Crippen molar-refractivity contribution < 1.29 is 0 Å². The van der Waals surface area contributed by atoms with Gasteiger partial charge in [0.2, 0.25) is 0 Å². The molecule has 0 bridgehead atoms. The van der Waals surface area contributed by atoms with Gasteiger partial charge in [0.25, 0.3) is 0 Å². The van der Waals surface area contributed by atoms with Gasteiger partial charge in [0.15, 0.2) is 11.5 Å². The van der Waals surface area contributed by atoms with Crippen LogP contribution in [-0.2, 0) is 0 Å². The molecule has 4 heteroatoms. The van der Waals surface area contributed by atoms with Gasteiger partial charge >= 0.3 is 0 Å². The Bertz CT molecular complexity index is 728. The van der Waals surface area contributed by atoms with E-state index in [0.29, 0.717) is 5.69 Å². The number of fused-ring (bicyclic) bond motifs is 1. The number of rotatable bonds is 1. The average molecular weight is 238 g/mol. The van der Waals surface area contributed by atoms with Crippen molar-refractivity contribution in [3.05, 3.63) is 47.7 Å². The summed E-state index contributed by atoms with van der Waals surface area (Å²) in [6, 6.07) is 10.0. The number of nitrogens with zero attached hydrogens (tertiary/aromatic N) is 3. The van der Waals surface area contributed by atoms with E-state index in [9.17, 15) is 0 Å². The second-order valence-electron chi connectivity index (χ2n) is 4.47. The van der Waals surface area contributed by atoms with Crippen LogP contribution in [0.5, 0.6) is 0 Å². The molecule has 2 heterocycles. The number of benzene rings is 1. The highest BCUT2D eigenvalue weighted by atomic mass is 15.3. The van der Waals surface area contributed by atoms with Gasteiger partial charge in [-0.15, -0.1) is 5.10 Å². The number of aryl methyl sites for hydroxylation is 2. The lowest BCUT2D eigenvalue weighted by Gasteiger charge is -1.98. The van der Waals surface area contributed by atoms with Crippen LogP contribution in [0, 0.1) is 13.8 Å². The second-order valence-corrected chi connectivity index (χ2v) is 4.47. The predicted molar refractivity (Wildman–Crippen MR) is 72.3 cm³/mol. The number of nitrogens with two attached hydrogens (primary N) is 1. The molecule has 0 aliphatic rings. The van der Waals surface area contributed by atoms with E-state index in [4.69, 9.17) is 5.73 Å². The van der Waals surface area contributed by atoms with E-state index in [0.717, 1.165) is 22.6 Å². The van der Waals surface area contributed by atoms with E-state index in [1.54, 1.807) is 10.7 Å². The topological polar surface area (TPSA) is 56.2 Å². The van der Waals surface area contributed by atoms with Crippen molar-refractivity contribution in [1.82, 2.24) is 14.6 Å². The zero-order chi connectivity index (χ0) is 12.7. The lowest BCUT2D eigenvalue weighted by atomic mass is 10.1. The van der Waals surface area contributed by atoms with Gasteiger partial charge in [0.1, 0.15) is 0 Å². The van der Waals surface area contributed by atoms with E-state index >= 15 is 0 Å². The van der Waals surface area contributed by atoms with Gasteiger partial charge in [0, 0.05) is 5.56 Å². The fraction of sp³-hybridized carbons (Fsp3) is 0.143. The van der Waals surface area contributed by atoms with Gasteiger partial charge in [-0.1, -0.05) is 24.3 Å². The molecule has 0 radical (unpaired) electrons. The standard InChI is InChI=1S/C14H14N4/c1-9-5-3-4-6-12(9)13-16-14-10(2)7-11(15)8-18(14)17-13/h3-8H,15H2,1-2H3. The minimum Gasteiger partial charge on any atom is -0.397 e. The smallest absolute Gasteiger partial charge is 0.182 e. The molecule has 3 rings (SSSR count). The molecule has 90 valence electrons. The first-order valence-corrected chi connectivity index (χ1v) is 5.83. The summed E-state index contributed by atoms with van der Waals surface area (Å²) < 4.78 is 1.74. The normalized spacial score (nSPS) is 11.0. The Kier molecular flexibility index (Phi) is 2.30. The molecule has 0 fully saturated rings. The van der Waals surface area contributed by atoms with E-state index in [1.807, 2.05) is 31.2 Å². The van der Waals surface area contributed by atoms with E-state index in [-0.39, 0.29) is 0 Å². The molecule has 0 unspecified atom stereocenters. The number of hydrogen-bond donors (Lipinski definition) is 1. The maximum atomic E-state index is 5.81. The van der Waals surface area contributed by atoms with Crippen LogP contribution in [0.15, 0.2) is 36.5 Å². The molecule has 0 atom stereocenters. The average Bonchev–Trinajstić information content (AvgIpc) is 2.73. The molecule has 0 aliphatic carbocycles. The number of hydrogen-bond acceptors (Lipinski definition) is 3. The molecule has 4 nitrogen and oxygen atoms in total. The molecule has 2 N–H and O–H groups in total. The summed E-state index contributed by atoms with van der Waals surface area (Å²) in [5.74, 6) is 0.738. The van der Waals surface area contributed by atoms with E-state index in [1.165, 1.54) is 5.56 Å².